The summed E-state index contributed by atoms with van der Waals surface area (Å²) in [6, 6.07) is 8.02. The molecule has 1 aliphatic rings. The zero-order chi connectivity index (χ0) is 9.38. The largest absolute Gasteiger partial charge is 0.380 e. The molecule has 68 valence electrons. The van der Waals surface area contributed by atoms with E-state index in [1.807, 2.05) is 36.5 Å². The number of nitrogens with one attached hydrogen (secondary N) is 1. The Labute approximate surface area is 81.0 Å². The fraction of sp³-hybridized carbons (Fsp3) is 0. The fourth-order valence-electron chi connectivity index (χ4n) is 1.58. The molecule has 1 aromatic heterocycles. The molecule has 14 heavy (non-hydrogen) atoms. The second kappa shape index (κ2) is 2.73. The van der Waals surface area contributed by atoms with Gasteiger partial charge in [-0.15, -0.1) is 0 Å². The second-order valence-corrected chi connectivity index (χ2v) is 3.11. The first-order chi connectivity index (χ1) is 6.95. The van der Waals surface area contributed by atoms with Crippen molar-refractivity contribution < 1.29 is 4.84 Å². The molecule has 0 spiro atoms. The van der Waals surface area contributed by atoms with E-state index >= 15 is 0 Å². The number of hydrogen-bond donors (Lipinski definition) is 1. The summed E-state index contributed by atoms with van der Waals surface area (Å²) in [7, 11) is 0. The summed E-state index contributed by atoms with van der Waals surface area (Å²) < 4.78 is 0. The fourth-order valence-corrected chi connectivity index (χ4v) is 1.58. The third-order valence-electron chi connectivity index (χ3n) is 2.25. The Bertz CT molecular complexity index is 520. The van der Waals surface area contributed by atoms with Crippen molar-refractivity contribution in [2.75, 3.05) is 0 Å². The van der Waals surface area contributed by atoms with Crippen LogP contribution in [-0.2, 0) is 0 Å². The highest BCUT2D eigenvalue weighted by atomic mass is 16.6. The van der Waals surface area contributed by atoms with Crippen LogP contribution < -0.4 is 10.3 Å². The minimum atomic E-state index is 0.797. The van der Waals surface area contributed by atoms with Gasteiger partial charge in [0, 0.05) is 23.2 Å². The maximum absolute atomic E-state index is 5.34. The van der Waals surface area contributed by atoms with Crippen LogP contribution in [0.5, 0.6) is 5.75 Å². The molecule has 1 N–H and O–H groups in total. The van der Waals surface area contributed by atoms with Crippen molar-refractivity contribution in [2.24, 2.45) is 0 Å². The first-order valence-corrected chi connectivity index (χ1v) is 4.42. The van der Waals surface area contributed by atoms with Crippen LogP contribution in [0.3, 0.4) is 0 Å². The Balaban J connectivity index is 2.41. The van der Waals surface area contributed by atoms with E-state index < -0.39 is 0 Å². The van der Waals surface area contributed by atoms with Crippen LogP contribution in [0.1, 0.15) is 5.69 Å². The zero-order valence-corrected chi connectivity index (χ0v) is 7.40. The second-order valence-electron chi connectivity index (χ2n) is 3.11. The molecule has 3 nitrogen and oxygen atoms in total. The van der Waals surface area contributed by atoms with Gasteiger partial charge in [0.25, 0.3) is 0 Å². The van der Waals surface area contributed by atoms with E-state index in [9.17, 15) is 0 Å². The summed E-state index contributed by atoms with van der Waals surface area (Å²) in [5.74, 6) is 0.797. The summed E-state index contributed by atoms with van der Waals surface area (Å²) in [5, 5.41) is 2.16. The number of nitrogens with zero attached hydrogens (tertiary/aromatic N) is 1. The highest BCUT2D eigenvalue weighted by Gasteiger charge is 2.10. The third-order valence-corrected chi connectivity index (χ3v) is 2.25. The van der Waals surface area contributed by atoms with Gasteiger partial charge in [-0.3, -0.25) is 4.98 Å². The predicted octanol–water partition coefficient (Wildman–Crippen LogP) is 2.10. The zero-order valence-electron chi connectivity index (χ0n) is 7.40. The lowest BCUT2D eigenvalue weighted by Crippen LogP contribution is -2.15. The smallest absolute Gasteiger partial charge is 0.188 e. The van der Waals surface area contributed by atoms with Crippen molar-refractivity contribution in [3.05, 3.63) is 42.4 Å². The molecule has 1 aliphatic heterocycles. The lowest BCUT2D eigenvalue weighted by atomic mass is 10.1. The number of benzene rings is 1. The molecule has 0 unspecified atom stereocenters. The average Bonchev–Trinajstić information content (AvgIpc) is 2.29. The summed E-state index contributed by atoms with van der Waals surface area (Å²) in [6.45, 7) is 0. The van der Waals surface area contributed by atoms with Gasteiger partial charge in [-0.25, -0.2) is 5.48 Å². The molecular formula is C11H8N2O. The van der Waals surface area contributed by atoms with E-state index in [2.05, 4.69) is 10.5 Å². The normalized spacial score (nSPS) is 13.1. The Kier molecular flexibility index (Phi) is 1.44. The maximum atomic E-state index is 5.34. The lowest BCUT2D eigenvalue weighted by molar-refractivity contribution is 0.241. The number of fused-ring (bicyclic) bond motifs is 3. The topological polar surface area (TPSA) is 34.1 Å². The van der Waals surface area contributed by atoms with Crippen molar-refractivity contribution in [3.8, 4) is 5.75 Å². The third kappa shape index (κ3) is 0.956. The van der Waals surface area contributed by atoms with E-state index in [0.29, 0.717) is 0 Å². The summed E-state index contributed by atoms with van der Waals surface area (Å²) in [6.07, 6.45) is 5.47. The van der Waals surface area contributed by atoms with Gasteiger partial charge in [-0.05, 0) is 6.08 Å². The van der Waals surface area contributed by atoms with Crippen LogP contribution in [-0.4, -0.2) is 4.98 Å². The SMILES string of the molecule is C1=Cc2ncc3ccccc3c2ON1. The number of hydrogen-bond acceptors (Lipinski definition) is 3. The summed E-state index contributed by atoms with van der Waals surface area (Å²) in [5.41, 5.74) is 3.58. The molecule has 0 atom stereocenters. The van der Waals surface area contributed by atoms with Gasteiger partial charge in [0.2, 0.25) is 0 Å². The number of aromatic nitrogens is 1. The van der Waals surface area contributed by atoms with Gasteiger partial charge in [0.1, 0.15) is 5.69 Å². The molecule has 3 heteroatoms. The van der Waals surface area contributed by atoms with Crippen molar-refractivity contribution in [1.29, 1.82) is 0 Å². The van der Waals surface area contributed by atoms with Gasteiger partial charge >= 0.3 is 0 Å². The van der Waals surface area contributed by atoms with Crippen LogP contribution in [0.25, 0.3) is 16.8 Å². The van der Waals surface area contributed by atoms with Gasteiger partial charge in [0.15, 0.2) is 5.75 Å². The quantitative estimate of drug-likeness (QED) is 0.680. The van der Waals surface area contributed by atoms with Gasteiger partial charge in [-0.2, -0.15) is 0 Å². The minimum Gasteiger partial charge on any atom is -0.380 e. The van der Waals surface area contributed by atoms with Crippen LogP contribution in [0, 0.1) is 0 Å². The molecule has 2 aromatic rings. The molecule has 0 amide bonds. The number of pyridine rings is 1. The maximum Gasteiger partial charge on any atom is 0.188 e. The van der Waals surface area contributed by atoms with E-state index in [0.717, 1.165) is 22.2 Å². The predicted molar refractivity (Wildman–Crippen MR) is 54.5 cm³/mol. The first kappa shape index (κ1) is 7.38. The Morgan fingerprint density at radius 2 is 2.14 bits per heavy atom. The molecule has 0 fully saturated rings. The monoisotopic (exact) mass is 184 g/mol. The van der Waals surface area contributed by atoms with Crippen LogP contribution in [0.15, 0.2) is 36.7 Å². The van der Waals surface area contributed by atoms with Gasteiger partial charge in [0.05, 0.1) is 0 Å². The highest BCUT2D eigenvalue weighted by Crippen LogP contribution is 2.29. The van der Waals surface area contributed by atoms with Gasteiger partial charge < -0.3 is 4.84 Å². The van der Waals surface area contributed by atoms with Crippen molar-refractivity contribution in [3.63, 3.8) is 0 Å². The van der Waals surface area contributed by atoms with Crippen molar-refractivity contribution >= 4 is 16.8 Å². The van der Waals surface area contributed by atoms with Crippen LogP contribution >= 0.6 is 0 Å². The molecule has 0 aliphatic carbocycles. The van der Waals surface area contributed by atoms with E-state index in [1.165, 1.54) is 0 Å². The molecule has 1 aromatic carbocycles. The van der Waals surface area contributed by atoms with E-state index in [1.54, 1.807) is 6.20 Å². The van der Waals surface area contributed by atoms with E-state index in [-0.39, 0.29) is 0 Å². The Morgan fingerprint density at radius 3 is 3.14 bits per heavy atom. The Morgan fingerprint density at radius 1 is 1.21 bits per heavy atom. The molecule has 3 rings (SSSR count). The molecular weight excluding hydrogens is 176 g/mol. The first-order valence-electron chi connectivity index (χ1n) is 4.42. The van der Waals surface area contributed by atoms with Crippen molar-refractivity contribution in [1.82, 2.24) is 10.5 Å². The molecule has 0 bridgehead atoms. The summed E-state index contributed by atoms with van der Waals surface area (Å²) in [4.78, 5) is 9.63. The number of hydroxylamine groups is 1. The van der Waals surface area contributed by atoms with Crippen LogP contribution in [0.2, 0.25) is 0 Å². The standard InChI is InChI=1S/C11H8N2O/c1-2-4-9-8(3-1)7-12-10-5-6-13-14-11(9)10/h1-7,13H. The van der Waals surface area contributed by atoms with Gasteiger partial charge in [-0.1, -0.05) is 24.3 Å². The number of rotatable bonds is 0. The van der Waals surface area contributed by atoms with E-state index in [4.69, 9.17) is 4.84 Å². The molecule has 2 heterocycles. The van der Waals surface area contributed by atoms with Crippen LogP contribution in [0.4, 0.5) is 0 Å². The minimum absolute atomic E-state index is 0.797. The average molecular weight is 184 g/mol. The summed E-state index contributed by atoms with van der Waals surface area (Å²) >= 11 is 0. The molecule has 0 saturated carbocycles. The molecule has 0 saturated heterocycles. The molecule has 0 radical (unpaired) electrons. The van der Waals surface area contributed by atoms with Crippen molar-refractivity contribution in [2.45, 2.75) is 0 Å². The lowest BCUT2D eigenvalue weighted by Gasteiger charge is -2.13. The highest BCUT2D eigenvalue weighted by molar-refractivity contribution is 5.90. The Hall–Kier alpha value is -2.03.